The molecule has 19 heavy (non-hydrogen) atoms. The zero-order valence-electron chi connectivity index (χ0n) is 13.6. The summed E-state index contributed by atoms with van der Waals surface area (Å²) in [6, 6.07) is 0. The molecule has 0 aromatic carbocycles. The maximum absolute atomic E-state index is 9.80. The van der Waals surface area contributed by atoms with Crippen molar-refractivity contribution >= 4 is 0 Å². The molecule has 1 N–H and O–H groups in total. The van der Waals surface area contributed by atoms with Crippen molar-refractivity contribution in [2.45, 2.75) is 116 Å². The largest absolute Gasteiger partial charge is 0.393 e. The fourth-order valence-corrected chi connectivity index (χ4v) is 2.64. The highest BCUT2D eigenvalue weighted by atomic mass is 16.3. The van der Waals surface area contributed by atoms with Gasteiger partial charge in [-0.2, -0.15) is 0 Å². The van der Waals surface area contributed by atoms with Gasteiger partial charge in [0.05, 0.1) is 6.10 Å². The van der Waals surface area contributed by atoms with E-state index in [0.29, 0.717) is 0 Å². The summed E-state index contributed by atoms with van der Waals surface area (Å²) in [4.78, 5) is 0. The van der Waals surface area contributed by atoms with Gasteiger partial charge in [0.2, 0.25) is 0 Å². The summed E-state index contributed by atoms with van der Waals surface area (Å²) >= 11 is 0. The number of unbranched alkanes of at least 4 members (excludes halogenated alkanes) is 11. The lowest BCUT2D eigenvalue weighted by atomic mass is 10.0. The highest BCUT2D eigenvalue weighted by Crippen LogP contribution is 2.14. The molecule has 0 unspecified atom stereocenters. The summed E-state index contributed by atoms with van der Waals surface area (Å²) in [5, 5.41) is 9.80. The van der Waals surface area contributed by atoms with E-state index >= 15 is 0 Å². The Labute approximate surface area is 122 Å². The van der Waals surface area contributed by atoms with Crippen LogP contribution in [0.3, 0.4) is 0 Å². The first-order valence-electron chi connectivity index (χ1n) is 8.99. The van der Waals surface area contributed by atoms with Gasteiger partial charge in [0, 0.05) is 0 Å². The molecule has 0 saturated carbocycles. The van der Waals surface area contributed by atoms with Crippen LogP contribution < -0.4 is 0 Å². The molecular formula is C18H38O. The summed E-state index contributed by atoms with van der Waals surface area (Å²) in [6.45, 7) is 4.49. The second kappa shape index (κ2) is 16.0. The minimum Gasteiger partial charge on any atom is -0.393 e. The third-order valence-corrected chi connectivity index (χ3v) is 4.03. The smallest absolute Gasteiger partial charge is 0.0540 e. The third-order valence-electron chi connectivity index (χ3n) is 4.03. The van der Waals surface area contributed by atoms with E-state index in [9.17, 15) is 5.11 Å². The Balaban J connectivity index is 3.05. The molecule has 0 rings (SSSR count). The van der Waals surface area contributed by atoms with Crippen molar-refractivity contribution in [2.24, 2.45) is 0 Å². The summed E-state index contributed by atoms with van der Waals surface area (Å²) in [6.07, 6.45) is 19.5. The first-order chi connectivity index (χ1) is 9.31. The Morgan fingerprint density at radius 3 is 1.32 bits per heavy atom. The Bertz CT molecular complexity index is 156. The Kier molecular flexibility index (Phi) is 16.0. The summed E-state index contributed by atoms with van der Waals surface area (Å²) in [5.41, 5.74) is 0. The number of aliphatic hydroxyl groups excluding tert-OH is 1. The standard InChI is InChI=1S/C18H38O/c1-3-5-7-8-9-10-11-12-13-15-17-18(19)16-14-6-4-2/h18-19H,3-17H2,1-2H3/t18-/m0/s1. The lowest BCUT2D eigenvalue weighted by molar-refractivity contribution is 0.147. The van der Waals surface area contributed by atoms with Gasteiger partial charge < -0.3 is 5.11 Å². The quantitative estimate of drug-likeness (QED) is 0.349. The average Bonchev–Trinajstić information content (AvgIpc) is 2.41. The zero-order chi connectivity index (χ0) is 14.2. The van der Waals surface area contributed by atoms with Crippen LogP contribution >= 0.6 is 0 Å². The van der Waals surface area contributed by atoms with Gasteiger partial charge in [-0.3, -0.25) is 0 Å². The molecule has 0 spiro atoms. The van der Waals surface area contributed by atoms with E-state index in [1.807, 2.05) is 0 Å². The van der Waals surface area contributed by atoms with Crippen LogP contribution in [0.25, 0.3) is 0 Å². The van der Waals surface area contributed by atoms with E-state index in [1.165, 1.54) is 83.5 Å². The van der Waals surface area contributed by atoms with Gasteiger partial charge >= 0.3 is 0 Å². The van der Waals surface area contributed by atoms with Crippen molar-refractivity contribution in [3.63, 3.8) is 0 Å². The number of hydrogen-bond donors (Lipinski definition) is 1. The number of rotatable bonds is 15. The molecule has 116 valence electrons. The molecule has 1 nitrogen and oxygen atoms in total. The summed E-state index contributed by atoms with van der Waals surface area (Å²) in [5.74, 6) is 0. The molecule has 0 saturated heterocycles. The lowest BCUT2D eigenvalue weighted by Gasteiger charge is -2.09. The molecule has 0 bridgehead atoms. The average molecular weight is 271 g/mol. The van der Waals surface area contributed by atoms with Gasteiger partial charge in [-0.15, -0.1) is 0 Å². The summed E-state index contributed by atoms with van der Waals surface area (Å²) < 4.78 is 0. The first kappa shape index (κ1) is 19.0. The second-order valence-corrected chi connectivity index (χ2v) is 6.12. The Morgan fingerprint density at radius 1 is 0.526 bits per heavy atom. The molecule has 0 fully saturated rings. The molecule has 0 amide bonds. The third kappa shape index (κ3) is 15.9. The van der Waals surface area contributed by atoms with Crippen LogP contribution in [0.4, 0.5) is 0 Å². The first-order valence-corrected chi connectivity index (χ1v) is 8.99. The highest BCUT2D eigenvalue weighted by Gasteiger charge is 2.02. The minimum absolute atomic E-state index is 0.0272. The van der Waals surface area contributed by atoms with Gasteiger partial charge in [-0.1, -0.05) is 97.3 Å². The van der Waals surface area contributed by atoms with Crippen molar-refractivity contribution in [3.05, 3.63) is 0 Å². The zero-order valence-corrected chi connectivity index (χ0v) is 13.6. The maximum Gasteiger partial charge on any atom is 0.0540 e. The predicted octanol–water partition coefficient (Wildman–Crippen LogP) is 6.24. The van der Waals surface area contributed by atoms with Gasteiger partial charge in [0.25, 0.3) is 0 Å². The molecule has 1 atom stereocenters. The molecule has 0 aliphatic carbocycles. The van der Waals surface area contributed by atoms with Gasteiger partial charge in [0.15, 0.2) is 0 Å². The van der Waals surface area contributed by atoms with Crippen LogP contribution in [-0.2, 0) is 0 Å². The van der Waals surface area contributed by atoms with Crippen LogP contribution in [0.15, 0.2) is 0 Å². The highest BCUT2D eigenvalue weighted by molar-refractivity contribution is 4.57. The van der Waals surface area contributed by atoms with Crippen LogP contribution in [0.5, 0.6) is 0 Å². The SMILES string of the molecule is CCCCCCCCCCCC[C@@H](O)CCCCC. The van der Waals surface area contributed by atoms with Crippen LogP contribution in [0, 0.1) is 0 Å². The minimum atomic E-state index is -0.0272. The van der Waals surface area contributed by atoms with Crippen LogP contribution in [0.1, 0.15) is 110 Å². The van der Waals surface area contributed by atoms with Crippen molar-refractivity contribution < 1.29 is 5.11 Å². The molecular weight excluding hydrogens is 232 g/mol. The van der Waals surface area contributed by atoms with Crippen molar-refractivity contribution in [3.8, 4) is 0 Å². The van der Waals surface area contributed by atoms with E-state index < -0.39 is 0 Å². The second-order valence-electron chi connectivity index (χ2n) is 6.12. The summed E-state index contributed by atoms with van der Waals surface area (Å²) in [7, 11) is 0. The van der Waals surface area contributed by atoms with E-state index in [4.69, 9.17) is 0 Å². The Hall–Kier alpha value is -0.0400. The van der Waals surface area contributed by atoms with Gasteiger partial charge in [-0.25, -0.2) is 0 Å². The fourth-order valence-electron chi connectivity index (χ4n) is 2.64. The molecule has 0 aromatic heterocycles. The normalized spacial score (nSPS) is 12.8. The van der Waals surface area contributed by atoms with Crippen molar-refractivity contribution in [1.29, 1.82) is 0 Å². The van der Waals surface area contributed by atoms with Gasteiger partial charge in [-0.05, 0) is 12.8 Å². The molecule has 0 heterocycles. The Morgan fingerprint density at radius 2 is 0.842 bits per heavy atom. The number of aliphatic hydroxyl groups is 1. The van der Waals surface area contributed by atoms with E-state index in [0.717, 1.165) is 12.8 Å². The van der Waals surface area contributed by atoms with Crippen LogP contribution in [-0.4, -0.2) is 11.2 Å². The van der Waals surface area contributed by atoms with E-state index in [2.05, 4.69) is 13.8 Å². The number of hydrogen-bond acceptors (Lipinski definition) is 1. The monoisotopic (exact) mass is 270 g/mol. The molecule has 0 radical (unpaired) electrons. The fraction of sp³-hybridized carbons (Fsp3) is 1.00. The maximum atomic E-state index is 9.80. The lowest BCUT2D eigenvalue weighted by Crippen LogP contribution is -2.05. The van der Waals surface area contributed by atoms with Crippen LogP contribution in [0.2, 0.25) is 0 Å². The molecule has 1 heteroatoms. The molecule has 0 aromatic rings. The van der Waals surface area contributed by atoms with Gasteiger partial charge in [0.1, 0.15) is 0 Å². The van der Waals surface area contributed by atoms with Crippen molar-refractivity contribution in [2.75, 3.05) is 0 Å². The van der Waals surface area contributed by atoms with Crippen molar-refractivity contribution in [1.82, 2.24) is 0 Å². The molecule has 0 aliphatic rings. The topological polar surface area (TPSA) is 20.2 Å². The van der Waals surface area contributed by atoms with E-state index in [-0.39, 0.29) is 6.10 Å². The predicted molar refractivity (Wildman–Crippen MR) is 86.6 cm³/mol. The van der Waals surface area contributed by atoms with E-state index in [1.54, 1.807) is 0 Å². The molecule has 0 aliphatic heterocycles.